The van der Waals surface area contributed by atoms with E-state index in [4.69, 9.17) is 13.8 Å². The third-order valence-electron chi connectivity index (χ3n) is 8.89. The SMILES string of the molecule is c1ccc2c(N(c3ccc4c(c3)oc3cccc(-c5nc6ccccc6o5)c34)c3cccc4sc5ccccc5c34)cccc2c1. The monoisotopic (exact) mass is 608 g/mol. The molecule has 0 saturated carbocycles. The summed E-state index contributed by atoms with van der Waals surface area (Å²) < 4.78 is 15.3. The van der Waals surface area contributed by atoms with Crippen molar-refractivity contribution in [2.75, 3.05) is 4.90 Å². The third-order valence-corrected chi connectivity index (χ3v) is 10.0. The van der Waals surface area contributed by atoms with Crippen LogP contribution in [-0.4, -0.2) is 4.98 Å². The molecule has 0 aliphatic carbocycles. The van der Waals surface area contributed by atoms with E-state index in [2.05, 4.69) is 114 Å². The van der Waals surface area contributed by atoms with Gasteiger partial charge in [0, 0.05) is 53.6 Å². The van der Waals surface area contributed by atoms with Gasteiger partial charge >= 0.3 is 0 Å². The van der Waals surface area contributed by atoms with Gasteiger partial charge in [-0.25, -0.2) is 4.98 Å². The number of fused-ring (bicyclic) bond motifs is 8. The highest BCUT2D eigenvalue weighted by Gasteiger charge is 2.22. The zero-order valence-corrected chi connectivity index (χ0v) is 25.3. The summed E-state index contributed by atoms with van der Waals surface area (Å²) in [4.78, 5) is 7.19. The summed E-state index contributed by atoms with van der Waals surface area (Å²) in [5.41, 5.74) is 7.40. The van der Waals surface area contributed by atoms with Crippen LogP contribution in [0.25, 0.3) is 75.4 Å². The summed E-state index contributed by atoms with van der Waals surface area (Å²) >= 11 is 1.83. The Morgan fingerprint density at radius 3 is 2.20 bits per heavy atom. The van der Waals surface area contributed by atoms with Crippen LogP contribution in [0.15, 0.2) is 154 Å². The maximum absolute atomic E-state index is 6.59. The molecule has 10 aromatic rings. The first-order valence-corrected chi connectivity index (χ1v) is 16.1. The zero-order valence-electron chi connectivity index (χ0n) is 24.5. The van der Waals surface area contributed by atoms with Gasteiger partial charge in [0.1, 0.15) is 16.7 Å². The summed E-state index contributed by atoms with van der Waals surface area (Å²) in [5.74, 6) is 0.590. The largest absolute Gasteiger partial charge is 0.456 e. The van der Waals surface area contributed by atoms with Gasteiger partial charge in [-0.3, -0.25) is 0 Å². The lowest BCUT2D eigenvalue weighted by atomic mass is 10.0. The van der Waals surface area contributed by atoms with Crippen LogP contribution in [0.2, 0.25) is 0 Å². The molecule has 0 aliphatic heterocycles. The lowest BCUT2D eigenvalue weighted by Crippen LogP contribution is -2.10. The third kappa shape index (κ3) is 3.76. The van der Waals surface area contributed by atoms with Crippen LogP contribution >= 0.6 is 11.3 Å². The van der Waals surface area contributed by atoms with Gasteiger partial charge in [-0.15, -0.1) is 11.3 Å². The normalized spacial score (nSPS) is 11.9. The maximum atomic E-state index is 6.59. The average Bonchev–Trinajstić information content (AvgIpc) is 3.81. The van der Waals surface area contributed by atoms with Crippen molar-refractivity contribution >= 4 is 92.4 Å². The molecule has 5 heteroatoms. The molecule has 0 unspecified atom stereocenters. The highest BCUT2D eigenvalue weighted by atomic mass is 32.1. The lowest BCUT2D eigenvalue weighted by Gasteiger charge is -2.27. The molecular formula is C41H24N2O2S. The number of nitrogens with zero attached hydrogens (tertiary/aromatic N) is 2. The van der Waals surface area contributed by atoms with E-state index in [9.17, 15) is 0 Å². The van der Waals surface area contributed by atoms with E-state index in [0.717, 1.165) is 55.7 Å². The Morgan fingerprint density at radius 1 is 0.500 bits per heavy atom. The van der Waals surface area contributed by atoms with Crippen molar-refractivity contribution < 1.29 is 8.83 Å². The molecule has 0 aliphatic rings. The Kier molecular flexibility index (Phi) is 5.41. The number of aromatic nitrogens is 1. The molecule has 0 N–H and O–H groups in total. The van der Waals surface area contributed by atoms with Gasteiger partial charge in [-0.1, -0.05) is 78.9 Å². The molecule has 3 aromatic heterocycles. The molecule has 0 radical (unpaired) electrons. The summed E-state index contributed by atoms with van der Waals surface area (Å²) in [5, 5.41) is 6.91. The lowest BCUT2D eigenvalue weighted by molar-refractivity contribution is 0.620. The van der Waals surface area contributed by atoms with E-state index in [0.29, 0.717) is 5.89 Å². The molecule has 0 amide bonds. The molecule has 46 heavy (non-hydrogen) atoms. The number of thiophene rings is 1. The van der Waals surface area contributed by atoms with E-state index in [1.54, 1.807) is 0 Å². The first kappa shape index (κ1) is 25.4. The van der Waals surface area contributed by atoms with Gasteiger partial charge in [0.2, 0.25) is 5.89 Å². The fourth-order valence-corrected chi connectivity index (χ4v) is 8.00. The standard InChI is InChI=1S/C41H24N2O2S/c1-2-12-27-25(10-1)11-7-16-32(27)43(33-17-9-21-38-40(33)29-13-3-6-20-37(29)46-38)26-22-23-28-36(24-26)44-35-19-8-14-30(39(28)35)41-42-31-15-4-5-18-34(31)45-41/h1-24H. The van der Waals surface area contributed by atoms with E-state index < -0.39 is 0 Å². The van der Waals surface area contributed by atoms with Crippen molar-refractivity contribution in [1.82, 2.24) is 4.98 Å². The van der Waals surface area contributed by atoms with Crippen molar-refractivity contribution in [1.29, 1.82) is 0 Å². The Bertz CT molecular complexity index is 2750. The molecule has 3 heterocycles. The van der Waals surface area contributed by atoms with Gasteiger partial charge in [0.25, 0.3) is 0 Å². The number of benzene rings is 7. The van der Waals surface area contributed by atoms with Crippen LogP contribution in [-0.2, 0) is 0 Å². The molecule has 0 spiro atoms. The van der Waals surface area contributed by atoms with Gasteiger partial charge in [0.15, 0.2) is 5.58 Å². The smallest absolute Gasteiger partial charge is 0.228 e. The van der Waals surface area contributed by atoms with Gasteiger partial charge in [0.05, 0.1) is 11.4 Å². The van der Waals surface area contributed by atoms with Crippen molar-refractivity contribution in [3.8, 4) is 11.5 Å². The quantitative estimate of drug-likeness (QED) is 0.199. The van der Waals surface area contributed by atoms with Gasteiger partial charge < -0.3 is 13.7 Å². The number of rotatable bonds is 4. The predicted octanol–water partition coefficient (Wildman–Crippen LogP) is 12.4. The summed E-state index contributed by atoms with van der Waals surface area (Å²) in [7, 11) is 0. The van der Waals surface area contributed by atoms with Crippen LogP contribution in [0.4, 0.5) is 17.1 Å². The van der Waals surface area contributed by atoms with Crippen LogP contribution in [0, 0.1) is 0 Å². The zero-order chi connectivity index (χ0) is 30.2. The Balaban J connectivity index is 1.24. The number of anilines is 3. The van der Waals surface area contributed by atoms with E-state index in [1.807, 2.05) is 47.7 Å². The second-order valence-corrected chi connectivity index (χ2v) is 12.6. The number of oxazole rings is 1. The van der Waals surface area contributed by atoms with Crippen molar-refractivity contribution in [2.45, 2.75) is 0 Å². The first-order chi connectivity index (χ1) is 22.8. The Morgan fingerprint density at radius 2 is 1.24 bits per heavy atom. The number of para-hydroxylation sites is 2. The van der Waals surface area contributed by atoms with Crippen molar-refractivity contribution in [3.05, 3.63) is 146 Å². The minimum absolute atomic E-state index is 0.590. The molecule has 10 rings (SSSR count). The molecule has 7 aromatic carbocycles. The topological polar surface area (TPSA) is 42.4 Å². The van der Waals surface area contributed by atoms with E-state index in [-0.39, 0.29) is 0 Å². The van der Waals surface area contributed by atoms with Crippen LogP contribution in [0.5, 0.6) is 0 Å². The Hall–Kier alpha value is -5.91. The van der Waals surface area contributed by atoms with Crippen LogP contribution < -0.4 is 4.90 Å². The number of hydrogen-bond donors (Lipinski definition) is 0. The molecule has 0 atom stereocenters. The molecule has 216 valence electrons. The van der Waals surface area contributed by atoms with Crippen molar-refractivity contribution in [3.63, 3.8) is 0 Å². The summed E-state index contributed by atoms with van der Waals surface area (Å²) in [6.45, 7) is 0. The maximum Gasteiger partial charge on any atom is 0.228 e. The van der Waals surface area contributed by atoms with Crippen LogP contribution in [0.1, 0.15) is 0 Å². The summed E-state index contributed by atoms with van der Waals surface area (Å²) in [6.07, 6.45) is 0. The molecular weight excluding hydrogens is 585 g/mol. The molecule has 0 saturated heterocycles. The fraction of sp³-hybridized carbons (Fsp3) is 0. The van der Waals surface area contributed by atoms with E-state index in [1.165, 1.54) is 30.9 Å². The number of hydrogen-bond acceptors (Lipinski definition) is 5. The predicted molar refractivity (Wildman–Crippen MR) is 192 cm³/mol. The molecule has 0 fully saturated rings. The molecule has 4 nitrogen and oxygen atoms in total. The highest BCUT2D eigenvalue weighted by Crippen LogP contribution is 2.47. The minimum atomic E-state index is 0.590. The number of furan rings is 1. The molecule has 0 bridgehead atoms. The minimum Gasteiger partial charge on any atom is -0.456 e. The fourth-order valence-electron chi connectivity index (χ4n) is 6.87. The first-order valence-electron chi connectivity index (χ1n) is 15.3. The summed E-state index contributed by atoms with van der Waals surface area (Å²) in [6, 6.07) is 50.9. The highest BCUT2D eigenvalue weighted by molar-refractivity contribution is 7.26. The van der Waals surface area contributed by atoms with Gasteiger partial charge in [-0.05, 0) is 66.0 Å². The average molecular weight is 609 g/mol. The second-order valence-electron chi connectivity index (χ2n) is 11.5. The van der Waals surface area contributed by atoms with E-state index >= 15 is 0 Å². The van der Waals surface area contributed by atoms with Crippen LogP contribution in [0.3, 0.4) is 0 Å². The second kappa shape index (κ2) is 9.80. The van der Waals surface area contributed by atoms with Gasteiger partial charge in [-0.2, -0.15) is 0 Å². The Labute approximate surface area is 267 Å². The van der Waals surface area contributed by atoms with Crippen molar-refractivity contribution in [2.24, 2.45) is 0 Å².